The molecule has 1 aromatic rings. The second kappa shape index (κ2) is 4.32. The van der Waals surface area contributed by atoms with Gasteiger partial charge in [0.15, 0.2) is 10.4 Å². The molecule has 0 spiro atoms. The lowest BCUT2D eigenvalue weighted by atomic mass is 10.2. The first-order chi connectivity index (χ1) is 7.24. The zero-order valence-corrected chi connectivity index (χ0v) is 9.91. The standard InChI is InChI=1S/C9H11BrN2O3/c1-14-8(13)7-6-2-4-15-5-3-12(6)9(10)11-7/h2-5H2,1H3. The minimum absolute atomic E-state index is 0.384. The number of nitrogens with zero attached hydrogens (tertiary/aromatic N) is 2. The number of hydrogen-bond donors (Lipinski definition) is 0. The summed E-state index contributed by atoms with van der Waals surface area (Å²) in [7, 11) is 1.36. The van der Waals surface area contributed by atoms with Crippen molar-refractivity contribution in [2.45, 2.75) is 13.0 Å². The van der Waals surface area contributed by atoms with Crippen LogP contribution >= 0.6 is 15.9 Å². The summed E-state index contributed by atoms with van der Waals surface area (Å²) >= 11 is 3.32. The van der Waals surface area contributed by atoms with E-state index in [4.69, 9.17) is 4.74 Å². The Bertz CT molecular complexity index is 389. The van der Waals surface area contributed by atoms with Crippen molar-refractivity contribution in [1.82, 2.24) is 9.55 Å². The molecule has 0 atom stereocenters. The fourth-order valence-electron chi connectivity index (χ4n) is 1.62. The van der Waals surface area contributed by atoms with E-state index in [2.05, 4.69) is 25.7 Å². The zero-order valence-electron chi connectivity index (χ0n) is 8.33. The number of carbonyl (C=O) groups is 1. The van der Waals surface area contributed by atoms with Crippen LogP contribution < -0.4 is 0 Å². The SMILES string of the molecule is COC(=O)c1nc(Br)n2c1CCOCC2. The molecule has 1 aliphatic rings. The second-order valence-electron chi connectivity index (χ2n) is 3.18. The number of ether oxygens (including phenoxy) is 2. The first kappa shape index (κ1) is 10.6. The number of fused-ring (bicyclic) bond motifs is 1. The van der Waals surface area contributed by atoms with E-state index >= 15 is 0 Å². The fraction of sp³-hybridized carbons (Fsp3) is 0.556. The molecule has 0 aromatic carbocycles. The Balaban J connectivity index is 2.44. The molecular formula is C9H11BrN2O3. The quantitative estimate of drug-likeness (QED) is 0.718. The highest BCUT2D eigenvalue weighted by molar-refractivity contribution is 9.10. The van der Waals surface area contributed by atoms with Crippen molar-refractivity contribution in [2.24, 2.45) is 0 Å². The minimum atomic E-state index is -0.397. The molecule has 1 aliphatic heterocycles. The third-order valence-corrected chi connectivity index (χ3v) is 2.95. The van der Waals surface area contributed by atoms with E-state index in [1.165, 1.54) is 7.11 Å². The summed E-state index contributed by atoms with van der Waals surface area (Å²) in [6, 6.07) is 0. The minimum Gasteiger partial charge on any atom is -0.464 e. The normalized spacial score (nSPS) is 15.6. The van der Waals surface area contributed by atoms with Crippen molar-refractivity contribution < 1.29 is 14.3 Å². The largest absolute Gasteiger partial charge is 0.464 e. The van der Waals surface area contributed by atoms with Gasteiger partial charge in [-0.15, -0.1) is 0 Å². The van der Waals surface area contributed by atoms with E-state index in [0.717, 1.165) is 5.69 Å². The number of halogens is 1. The first-order valence-electron chi connectivity index (χ1n) is 4.65. The lowest BCUT2D eigenvalue weighted by molar-refractivity contribution is 0.0592. The van der Waals surface area contributed by atoms with E-state index in [1.807, 2.05) is 4.57 Å². The van der Waals surface area contributed by atoms with Crippen LogP contribution in [-0.2, 0) is 22.4 Å². The maximum absolute atomic E-state index is 11.5. The van der Waals surface area contributed by atoms with Crippen LogP contribution in [0.4, 0.5) is 0 Å². The third-order valence-electron chi connectivity index (χ3n) is 2.35. The molecule has 0 radical (unpaired) electrons. The van der Waals surface area contributed by atoms with Crippen LogP contribution in [0.1, 0.15) is 16.2 Å². The summed E-state index contributed by atoms with van der Waals surface area (Å²) in [5.41, 5.74) is 1.26. The van der Waals surface area contributed by atoms with Crippen LogP contribution in [0.2, 0.25) is 0 Å². The van der Waals surface area contributed by atoms with Crippen molar-refractivity contribution in [3.05, 3.63) is 16.1 Å². The summed E-state index contributed by atoms with van der Waals surface area (Å²) < 4.78 is 12.6. The Morgan fingerprint density at radius 2 is 2.40 bits per heavy atom. The maximum Gasteiger partial charge on any atom is 0.358 e. The van der Waals surface area contributed by atoms with Gasteiger partial charge in [-0.25, -0.2) is 9.78 Å². The molecule has 2 heterocycles. The summed E-state index contributed by atoms with van der Waals surface area (Å²) in [5.74, 6) is -0.397. The number of rotatable bonds is 1. The van der Waals surface area contributed by atoms with Crippen molar-refractivity contribution in [3.63, 3.8) is 0 Å². The van der Waals surface area contributed by atoms with E-state index < -0.39 is 5.97 Å². The summed E-state index contributed by atoms with van der Waals surface area (Å²) in [6.45, 7) is 1.96. The summed E-state index contributed by atoms with van der Waals surface area (Å²) in [6.07, 6.45) is 0.684. The van der Waals surface area contributed by atoms with Crippen LogP contribution in [0, 0.1) is 0 Å². The molecule has 0 saturated carbocycles. The van der Waals surface area contributed by atoms with Crippen LogP contribution in [0.25, 0.3) is 0 Å². The molecule has 6 heteroatoms. The third kappa shape index (κ3) is 1.91. The number of esters is 1. The highest BCUT2D eigenvalue weighted by Gasteiger charge is 2.22. The van der Waals surface area contributed by atoms with E-state index in [0.29, 0.717) is 36.6 Å². The number of imidazole rings is 1. The Morgan fingerprint density at radius 1 is 1.60 bits per heavy atom. The lowest BCUT2D eigenvalue weighted by Crippen LogP contribution is -2.08. The Hall–Kier alpha value is -0.880. The predicted octanol–water partition coefficient (Wildman–Crippen LogP) is 1.00. The van der Waals surface area contributed by atoms with Crippen molar-refractivity contribution >= 4 is 21.9 Å². The van der Waals surface area contributed by atoms with Gasteiger partial charge in [-0.05, 0) is 15.9 Å². The van der Waals surface area contributed by atoms with E-state index in [9.17, 15) is 4.79 Å². The van der Waals surface area contributed by atoms with E-state index in [1.54, 1.807) is 0 Å². The number of hydrogen-bond acceptors (Lipinski definition) is 4. The van der Waals surface area contributed by atoms with Gasteiger partial charge in [0.1, 0.15) is 0 Å². The molecule has 0 unspecified atom stereocenters. The van der Waals surface area contributed by atoms with Crippen LogP contribution in [-0.4, -0.2) is 35.8 Å². The molecule has 0 amide bonds. The Labute approximate surface area is 95.5 Å². The summed E-state index contributed by atoms with van der Waals surface area (Å²) in [4.78, 5) is 15.6. The predicted molar refractivity (Wildman–Crippen MR) is 55.8 cm³/mol. The molecule has 2 rings (SSSR count). The summed E-state index contributed by atoms with van der Waals surface area (Å²) in [5, 5.41) is 0. The lowest BCUT2D eigenvalue weighted by Gasteiger charge is -2.03. The monoisotopic (exact) mass is 274 g/mol. The average Bonchev–Trinajstić information content (AvgIpc) is 2.45. The molecular weight excluding hydrogens is 264 g/mol. The van der Waals surface area contributed by atoms with Crippen molar-refractivity contribution in [1.29, 1.82) is 0 Å². The number of carbonyl (C=O) groups excluding carboxylic acids is 1. The molecule has 1 aromatic heterocycles. The van der Waals surface area contributed by atoms with Gasteiger partial charge in [-0.2, -0.15) is 0 Å². The smallest absolute Gasteiger partial charge is 0.358 e. The average molecular weight is 275 g/mol. The second-order valence-corrected chi connectivity index (χ2v) is 3.89. The van der Waals surface area contributed by atoms with Gasteiger partial charge in [0.25, 0.3) is 0 Å². The topological polar surface area (TPSA) is 53.3 Å². The van der Waals surface area contributed by atoms with Gasteiger partial charge in [-0.3, -0.25) is 0 Å². The van der Waals surface area contributed by atoms with E-state index in [-0.39, 0.29) is 0 Å². The molecule has 82 valence electrons. The molecule has 5 nitrogen and oxygen atoms in total. The van der Waals surface area contributed by atoms with Gasteiger partial charge in [0.2, 0.25) is 0 Å². The van der Waals surface area contributed by atoms with Gasteiger partial charge in [0, 0.05) is 13.0 Å². The molecule has 0 aliphatic carbocycles. The molecule has 0 bridgehead atoms. The van der Waals surface area contributed by atoms with Gasteiger partial charge in [-0.1, -0.05) is 0 Å². The fourth-order valence-corrected chi connectivity index (χ4v) is 2.19. The van der Waals surface area contributed by atoms with Crippen LogP contribution in [0.15, 0.2) is 4.73 Å². The van der Waals surface area contributed by atoms with Crippen molar-refractivity contribution in [3.8, 4) is 0 Å². The highest BCUT2D eigenvalue weighted by Crippen LogP contribution is 2.20. The number of methoxy groups -OCH3 is 1. The molecule has 15 heavy (non-hydrogen) atoms. The van der Waals surface area contributed by atoms with Gasteiger partial charge >= 0.3 is 5.97 Å². The molecule has 0 N–H and O–H groups in total. The zero-order chi connectivity index (χ0) is 10.8. The molecule has 0 fully saturated rings. The Morgan fingerprint density at radius 3 is 3.13 bits per heavy atom. The van der Waals surface area contributed by atoms with Crippen molar-refractivity contribution in [2.75, 3.05) is 20.3 Å². The molecule has 0 saturated heterocycles. The van der Waals surface area contributed by atoms with Gasteiger partial charge < -0.3 is 14.0 Å². The first-order valence-corrected chi connectivity index (χ1v) is 5.44. The Kier molecular flexibility index (Phi) is 3.06. The number of aromatic nitrogens is 2. The van der Waals surface area contributed by atoms with Gasteiger partial charge in [0.05, 0.1) is 26.0 Å². The maximum atomic E-state index is 11.5. The highest BCUT2D eigenvalue weighted by atomic mass is 79.9. The van der Waals surface area contributed by atoms with Crippen LogP contribution in [0.3, 0.4) is 0 Å². The van der Waals surface area contributed by atoms with Crippen LogP contribution in [0.5, 0.6) is 0 Å².